The first-order valence-corrected chi connectivity index (χ1v) is 5.21. The summed E-state index contributed by atoms with van der Waals surface area (Å²) in [5.74, 6) is 0. The summed E-state index contributed by atoms with van der Waals surface area (Å²) >= 11 is 0. The standard InChI is InChI=1S/C10H21NO/c1-3-11-9-5-7-10(8-6-9)12-4-2/h9-11H,3-8H2,1-2H3. The fourth-order valence-corrected chi connectivity index (χ4v) is 1.96. The highest BCUT2D eigenvalue weighted by molar-refractivity contribution is 4.76. The van der Waals surface area contributed by atoms with Crippen LogP contribution in [0.3, 0.4) is 0 Å². The monoisotopic (exact) mass is 171 g/mol. The molecule has 72 valence electrons. The number of hydrogen-bond acceptors (Lipinski definition) is 2. The fraction of sp³-hybridized carbons (Fsp3) is 1.00. The first-order chi connectivity index (χ1) is 5.86. The Hall–Kier alpha value is -0.0800. The van der Waals surface area contributed by atoms with Gasteiger partial charge in [-0.05, 0) is 39.2 Å². The SMILES string of the molecule is CCNC1CCC(OCC)CC1. The third-order valence-electron chi connectivity index (χ3n) is 2.57. The molecule has 0 aromatic heterocycles. The molecule has 1 saturated carbocycles. The Balaban J connectivity index is 2.11. The first kappa shape index (κ1) is 10.0. The zero-order valence-electron chi connectivity index (χ0n) is 8.31. The second kappa shape index (κ2) is 5.55. The van der Waals surface area contributed by atoms with E-state index in [0.717, 1.165) is 19.2 Å². The van der Waals surface area contributed by atoms with E-state index in [1.165, 1.54) is 25.7 Å². The molecule has 0 aliphatic heterocycles. The van der Waals surface area contributed by atoms with Crippen LogP contribution < -0.4 is 5.32 Å². The maximum Gasteiger partial charge on any atom is 0.0576 e. The summed E-state index contributed by atoms with van der Waals surface area (Å²) in [5, 5.41) is 3.49. The lowest BCUT2D eigenvalue weighted by Crippen LogP contribution is -2.35. The van der Waals surface area contributed by atoms with E-state index in [1.54, 1.807) is 0 Å². The first-order valence-electron chi connectivity index (χ1n) is 5.21. The van der Waals surface area contributed by atoms with Gasteiger partial charge >= 0.3 is 0 Å². The van der Waals surface area contributed by atoms with E-state index in [9.17, 15) is 0 Å². The predicted octanol–water partition coefficient (Wildman–Crippen LogP) is 1.94. The van der Waals surface area contributed by atoms with E-state index in [0.29, 0.717) is 6.10 Å². The van der Waals surface area contributed by atoms with Crippen molar-refractivity contribution in [3.8, 4) is 0 Å². The van der Waals surface area contributed by atoms with Gasteiger partial charge in [-0.15, -0.1) is 0 Å². The van der Waals surface area contributed by atoms with Crippen molar-refractivity contribution >= 4 is 0 Å². The van der Waals surface area contributed by atoms with Gasteiger partial charge in [-0.1, -0.05) is 6.92 Å². The lowest BCUT2D eigenvalue weighted by molar-refractivity contribution is 0.0306. The normalized spacial score (nSPS) is 30.5. The molecule has 0 atom stereocenters. The van der Waals surface area contributed by atoms with Crippen molar-refractivity contribution in [1.29, 1.82) is 0 Å². The molecule has 0 amide bonds. The van der Waals surface area contributed by atoms with Crippen molar-refractivity contribution in [2.45, 2.75) is 51.7 Å². The van der Waals surface area contributed by atoms with Gasteiger partial charge in [0.15, 0.2) is 0 Å². The van der Waals surface area contributed by atoms with Gasteiger partial charge in [0.1, 0.15) is 0 Å². The summed E-state index contributed by atoms with van der Waals surface area (Å²) in [6.45, 7) is 6.23. The van der Waals surface area contributed by atoms with E-state index >= 15 is 0 Å². The van der Waals surface area contributed by atoms with Gasteiger partial charge in [0.05, 0.1) is 6.10 Å². The topological polar surface area (TPSA) is 21.3 Å². The molecule has 0 bridgehead atoms. The maximum atomic E-state index is 5.58. The van der Waals surface area contributed by atoms with E-state index in [1.807, 2.05) is 0 Å². The van der Waals surface area contributed by atoms with Gasteiger partial charge in [-0.2, -0.15) is 0 Å². The van der Waals surface area contributed by atoms with Crippen molar-refractivity contribution < 1.29 is 4.74 Å². The molecule has 12 heavy (non-hydrogen) atoms. The minimum absolute atomic E-state index is 0.546. The van der Waals surface area contributed by atoms with Crippen LogP contribution in [0.15, 0.2) is 0 Å². The summed E-state index contributed by atoms with van der Waals surface area (Å²) in [5.41, 5.74) is 0. The molecule has 0 aromatic carbocycles. The van der Waals surface area contributed by atoms with Crippen molar-refractivity contribution in [2.75, 3.05) is 13.2 Å². The van der Waals surface area contributed by atoms with Gasteiger partial charge in [-0.3, -0.25) is 0 Å². The number of ether oxygens (including phenoxy) is 1. The molecule has 2 heteroatoms. The zero-order chi connectivity index (χ0) is 8.81. The van der Waals surface area contributed by atoms with Crippen molar-refractivity contribution in [2.24, 2.45) is 0 Å². The summed E-state index contributed by atoms with van der Waals surface area (Å²) in [6, 6.07) is 0.756. The molecule has 1 N–H and O–H groups in total. The van der Waals surface area contributed by atoms with Crippen LogP contribution in [0.4, 0.5) is 0 Å². The highest BCUT2D eigenvalue weighted by atomic mass is 16.5. The molecule has 0 aromatic rings. The van der Waals surface area contributed by atoms with Crippen LogP contribution in [0.5, 0.6) is 0 Å². The van der Waals surface area contributed by atoms with Gasteiger partial charge in [0.25, 0.3) is 0 Å². The van der Waals surface area contributed by atoms with Crippen LogP contribution in [0.25, 0.3) is 0 Å². The average molecular weight is 171 g/mol. The fourth-order valence-electron chi connectivity index (χ4n) is 1.96. The Morgan fingerprint density at radius 1 is 1.17 bits per heavy atom. The van der Waals surface area contributed by atoms with Gasteiger partial charge < -0.3 is 10.1 Å². The van der Waals surface area contributed by atoms with Crippen LogP contribution in [0, 0.1) is 0 Å². The average Bonchev–Trinajstić information content (AvgIpc) is 2.09. The van der Waals surface area contributed by atoms with E-state index in [-0.39, 0.29) is 0 Å². The van der Waals surface area contributed by atoms with Crippen LogP contribution in [-0.4, -0.2) is 25.3 Å². The van der Waals surface area contributed by atoms with E-state index in [2.05, 4.69) is 19.2 Å². The highest BCUT2D eigenvalue weighted by Gasteiger charge is 2.19. The summed E-state index contributed by atoms with van der Waals surface area (Å²) < 4.78 is 5.58. The smallest absolute Gasteiger partial charge is 0.0576 e. The number of nitrogens with one attached hydrogen (secondary N) is 1. The van der Waals surface area contributed by atoms with Crippen LogP contribution >= 0.6 is 0 Å². The van der Waals surface area contributed by atoms with Gasteiger partial charge in [-0.25, -0.2) is 0 Å². The van der Waals surface area contributed by atoms with Crippen molar-refractivity contribution in [3.05, 3.63) is 0 Å². The third-order valence-corrected chi connectivity index (χ3v) is 2.57. The molecule has 1 fully saturated rings. The molecular weight excluding hydrogens is 150 g/mol. The summed E-state index contributed by atoms with van der Waals surface area (Å²) in [7, 11) is 0. The Bertz CT molecular complexity index is 94.4. The van der Waals surface area contributed by atoms with Gasteiger partial charge in [0, 0.05) is 12.6 Å². The Morgan fingerprint density at radius 2 is 1.83 bits per heavy atom. The molecule has 1 aliphatic rings. The van der Waals surface area contributed by atoms with Crippen LogP contribution in [0.2, 0.25) is 0 Å². The molecule has 0 saturated heterocycles. The molecule has 1 aliphatic carbocycles. The van der Waals surface area contributed by atoms with Crippen LogP contribution in [0.1, 0.15) is 39.5 Å². The van der Waals surface area contributed by atoms with E-state index in [4.69, 9.17) is 4.74 Å². The minimum Gasteiger partial charge on any atom is -0.379 e. The predicted molar refractivity (Wildman–Crippen MR) is 51.3 cm³/mol. The zero-order valence-corrected chi connectivity index (χ0v) is 8.31. The Kier molecular flexibility index (Phi) is 4.62. The minimum atomic E-state index is 0.546. The molecular formula is C10H21NO. The largest absolute Gasteiger partial charge is 0.379 e. The van der Waals surface area contributed by atoms with Crippen molar-refractivity contribution in [3.63, 3.8) is 0 Å². The lowest BCUT2D eigenvalue weighted by Gasteiger charge is -2.28. The second-order valence-electron chi connectivity index (χ2n) is 3.49. The summed E-state index contributed by atoms with van der Waals surface area (Å²) in [4.78, 5) is 0. The molecule has 0 unspecified atom stereocenters. The Morgan fingerprint density at radius 3 is 2.33 bits per heavy atom. The molecule has 0 radical (unpaired) electrons. The third kappa shape index (κ3) is 3.11. The second-order valence-corrected chi connectivity index (χ2v) is 3.49. The maximum absolute atomic E-state index is 5.58. The lowest BCUT2D eigenvalue weighted by atomic mass is 9.93. The molecule has 1 rings (SSSR count). The number of rotatable bonds is 4. The van der Waals surface area contributed by atoms with Gasteiger partial charge in [0.2, 0.25) is 0 Å². The Labute approximate surface area is 75.7 Å². The quantitative estimate of drug-likeness (QED) is 0.698. The number of hydrogen-bond donors (Lipinski definition) is 1. The van der Waals surface area contributed by atoms with E-state index < -0.39 is 0 Å². The molecule has 2 nitrogen and oxygen atoms in total. The molecule has 0 heterocycles. The summed E-state index contributed by atoms with van der Waals surface area (Å²) in [6.07, 6.45) is 5.61. The van der Waals surface area contributed by atoms with Crippen LogP contribution in [-0.2, 0) is 4.74 Å². The van der Waals surface area contributed by atoms with Crippen molar-refractivity contribution in [1.82, 2.24) is 5.32 Å². The molecule has 0 spiro atoms. The highest BCUT2D eigenvalue weighted by Crippen LogP contribution is 2.20.